The van der Waals surface area contributed by atoms with Crippen molar-refractivity contribution in [3.05, 3.63) is 52.2 Å². The van der Waals surface area contributed by atoms with Crippen LogP contribution in [-0.4, -0.2) is 43.8 Å². The summed E-state index contributed by atoms with van der Waals surface area (Å²) in [5, 5.41) is 0. The number of likely N-dealkylation sites (tertiary alicyclic amines) is 1. The lowest BCUT2D eigenvalue weighted by Gasteiger charge is -2.32. The third kappa shape index (κ3) is 3.03. The molecule has 2 aromatic rings. The van der Waals surface area contributed by atoms with Crippen LogP contribution in [0.1, 0.15) is 40.8 Å². The second-order valence-corrected chi connectivity index (χ2v) is 5.41. The van der Waals surface area contributed by atoms with Crippen molar-refractivity contribution < 1.29 is 4.79 Å². The number of hydrogen-bond acceptors (Lipinski definition) is 5. The molecule has 1 unspecified atom stereocenters. The van der Waals surface area contributed by atoms with Gasteiger partial charge < -0.3 is 9.88 Å². The highest BCUT2D eigenvalue weighted by atomic mass is 16.2. The minimum Gasteiger partial charge on any atom is -0.337 e. The number of nitrogens with one attached hydrogen (secondary N) is 1. The first-order valence-corrected chi connectivity index (χ1v) is 7.27. The van der Waals surface area contributed by atoms with Crippen LogP contribution in [0.15, 0.2) is 29.3 Å². The molecule has 0 aliphatic carbocycles. The van der Waals surface area contributed by atoms with Gasteiger partial charge in [-0.05, 0) is 31.9 Å². The highest BCUT2D eigenvalue weighted by Gasteiger charge is 2.26. The zero-order valence-corrected chi connectivity index (χ0v) is 12.3. The second-order valence-electron chi connectivity index (χ2n) is 5.41. The van der Waals surface area contributed by atoms with Crippen molar-refractivity contribution in [2.45, 2.75) is 25.7 Å². The largest absolute Gasteiger partial charge is 0.345 e. The number of carbonyl (C=O) groups is 1. The Kier molecular flexibility index (Phi) is 3.95. The van der Waals surface area contributed by atoms with Crippen LogP contribution in [0.3, 0.4) is 0 Å². The predicted octanol–water partition coefficient (Wildman–Crippen LogP) is 0.888. The van der Waals surface area contributed by atoms with Gasteiger partial charge in [0.05, 0.1) is 0 Å². The van der Waals surface area contributed by atoms with Crippen LogP contribution in [0.4, 0.5) is 0 Å². The number of hydrogen-bond donors (Lipinski definition) is 1. The molecule has 0 aromatic carbocycles. The van der Waals surface area contributed by atoms with Gasteiger partial charge in [-0.1, -0.05) is 0 Å². The standard InChI is InChI=1S/C15H17N5O2/c1-10-16-6-5-13(18-10)14(21)20-8-2-3-11(9-20)12-4-7-17-15(22)19-12/h4-7,11H,2-3,8-9H2,1H3,(H,17,19,22). The van der Waals surface area contributed by atoms with E-state index in [-0.39, 0.29) is 17.5 Å². The van der Waals surface area contributed by atoms with Gasteiger partial charge in [-0.2, -0.15) is 0 Å². The van der Waals surface area contributed by atoms with Crippen molar-refractivity contribution in [3.8, 4) is 0 Å². The van der Waals surface area contributed by atoms with Gasteiger partial charge in [-0.15, -0.1) is 0 Å². The Balaban J connectivity index is 1.78. The van der Waals surface area contributed by atoms with E-state index in [0.29, 0.717) is 24.6 Å². The molecule has 114 valence electrons. The molecule has 1 fully saturated rings. The first kappa shape index (κ1) is 14.4. The Hall–Kier alpha value is -2.57. The van der Waals surface area contributed by atoms with Gasteiger partial charge in [0.1, 0.15) is 11.5 Å². The number of aryl methyl sites for hydroxylation is 1. The Morgan fingerprint density at radius 3 is 2.91 bits per heavy atom. The fourth-order valence-corrected chi connectivity index (χ4v) is 2.77. The van der Waals surface area contributed by atoms with E-state index in [4.69, 9.17) is 0 Å². The zero-order valence-electron chi connectivity index (χ0n) is 12.3. The smallest absolute Gasteiger partial charge is 0.337 e. The molecule has 7 nitrogen and oxygen atoms in total. The van der Waals surface area contributed by atoms with E-state index < -0.39 is 0 Å². The van der Waals surface area contributed by atoms with E-state index in [1.165, 1.54) is 6.20 Å². The Morgan fingerprint density at radius 1 is 1.32 bits per heavy atom. The first-order chi connectivity index (χ1) is 10.6. The average molecular weight is 299 g/mol. The monoisotopic (exact) mass is 299 g/mol. The number of H-pyrrole nitrogens is 1. The van der Waals surface area contributed by atoms with Crippen molar-refractivity contribution in [1.82, 2.24) is 24.8 Å². The number of rotatable bonds is 2. The van der Waals surface area contributed by atoms with E-state index in [1.54, 1.807) is 30.2 Å². The fraction of sp³-hybridized carbons (Fsp3) is 0.400. The van der Waals surface area contributed by atoms with E-state index in [2.05, 4.69) is 19.9 Å². The van der Waals surface area contributed by atoms with Crippen LogP contribution in [0.5, 0.6) is 0 Å². The summed E-state index contributed by atoms with van der Waals surface area (Å²) in [6.45, 7) is 3.03. The molecule has 22 heavy (non-hydrogen) atoms. The summed E-state index contributed by atoms with van der Waals surface area (Å²) in [6, 6.07) is 3.43. The van der Waals surface area contributed by atoms with Gasteiger partial charge in [-0.25, -0.2) is 19.7 Å². The van der Waals surface area contributed by atoms with E-state index >= 15 is 0 Å². The molecule has 1 aliphatic heterocycles. The number of carbonyl (C=O) groups excluding carboxylic acids is 1. The van der Waals surface area contributed by atoms with Gasteiger partial charge in [-0.3, -0.25) is 4.79 Å². The SMILES string of the molecule is Cc1nccc(C(=O)N2CCCC(c3ccnc(=O)[nH]3)C2)n1. The molecule has 2 aromatic heterocycles. The highest BCUT2D eigenvalue weighted by molar-refractivity contribution is 5.92. The molecule has 1 atom stereocenters. The summed E-state index contributed by atoms with van der Waals surface area (Å²) >= 11 is 0. The molecule has 1 N–H and O–H groups in total. The summed E-state index contributed by atoms with van der Waals surface area (Å²) in [6.07, 6.45) is 4.93. The van der Waals surface area contributed by atoms with E-state index in [1.807, 2.05) is 0 Å². The van der Waals surface area contributed by atoms with Crippen LogP contribution in [0.25, 0.3) is 0 Å². The van der Waals surface area contributed by atoms with Crippen LogP contribution < -0.4 is 5.69 Å². The molecule has 3 heterocycles. The molecule has 0 radical (unpaired) electrons. The fourth-order valence-electron chi connectivity index (χ4n) is 2.77. The van der Waals surface area contributed by atoms with Crippen LogP contribution >= 0.6 is 0 Å². The first-order valence-electron chi connectivity index (χ1n) is 7.27. The molecule has 1 amide bonds. The second kappa shape index (κ2) is 6.05. The Morgan fingerprint density at radius 2 is 2.14 bits per heavy atom. The van der Waals surface area contributed by atoms with Gasteiger partial charge in [0.2, 0.25) is 0 Å². The molecule has 1 aliphatic rings. The number of aromatic amines is 1. The number of aromatic nitrogens is 4. The number of nitrogens with zero attached hydrogens (tertiary/aromatic N) is 4. The summed E-state index contributed by atoms with van der Waals surface area (Å²) in [5.41, 5.74) is 0.889. The topological polar surface area (TPSA) is 91.8 Å². The Labute approximate surface area is 127 Å². The number of amides is 1. The lowest BCUT2D eigenvalue weighted by molar-refractivity contribution is 0.0699. The Bertz CT molecular complexity index is 742. The molecule has 1 saturated heterocycles. The predicted molar refractivity (Wildman–Crippen MR) is 79.5 cm³/mol. The highest BCUT2D eigenvalue weighted by Crippen LogP contribution is 2.25. The van der Waals surface area contributed by atoms with Crippen LogP contribution in [0, 0.1) is 6.92 Å². The summed E-state index contributed by atoms with van der Waals surface area (Å²) < 4.78 is 0. The summed E-state index contributed by atoms with van der Waals surface area (Å²) in [4.78, 5) is 40.3. The molecular formula is C15H17N5O2. The lowest BCUT2D eigenvalue weighted by Crippen LogP contribution is -2.40. The third-order valence-electron chi connectivity index (χ3n) is 3.84. The van der Waals surface area contributed by atoms with Crippen LogP contribution in [0.2, 0.25) is 0 Å². The minimum absolute atomic E-state index is 0.0911. The summed E-state index contributed by atoms with van der Waals surface area (Å²) in [7, 11) is 0. The van der Waals surface area contributed by atoms with Crippen molar-refractivity contribution in [3.63, 3.8) is 0 Å². The molecule has 0 bridgehead atoms. The van der Waals surface area contributed by atoms with Gasteiger partial charge >= 0.3 is 5.69 Å². The van der Waals surface area contributed by atoms with E-state index in [0.717, 1.165) is 18.5 Å². The zero-order chi connectivity index (χ0) is 15.5. The van der Waals surface area contributed by atoms with Gasteiger partial charge in [0, 0.05) is 37.1 Å². The van der Waals surface area contributed by atoms with E-state index in [9.17, 15) is 9.59 Å². The maximum Gasteiger partial charge on any atom is 0.345 e. The molecule has 3 rings (SSSR count). The molecule has 7 heteroatoms. The van der Waals surface area contributed by atoms with Crippen molar-refractivity contribution in [1.29, 1.82) is 0 Å². The van der Waals surface area contributed by atoms with Crippen molar-refractivity contribution in [2.75, 3.05) is 13.1 Å². The summed E-state index contributed by atoms with van der Waals surface area (Å²) in [5.74, 6) is 0.612. The van der Waals surface area contributed by atoms with Crippen molar-refractivity contribution >= 4 is 5.91 Å². The number of piperidine rings is 1. The van der Waals surface area contributed by atoms with Crippen LogP contribution in [-0.2, 0) is 0 Å². The third-order valence-corrected chi connectivity index (χ3v) is 3.84. The van der Waals surface area contributed by atoms with Crippen molar-refractivity contribution in [2.24, 2.45) is 0 Å². The normalized spacial score (nSPS) is 18.2. The lowest BCUT2D eigenvalue weighted by atomic mass is 9.94. The maximum atomic E-state index is 12.5. The molecule has 0 saturated carbocycles. The average Bonchev–Trinajstić information content (AvgIpc) is 2.54. The minimum atomic E-state index is -0.354. The van der Waals surface area contributed by atoms with Gasteiger partial charge in [0.15, 0.2) is 0 Å². The molecule has 0 spiro atoms. The quantitative estimate of drug-likeness (QED) is 0.889. The van der Waals surface area contributed by atoms with Gasteiger partial charge in [0.25, 0.3) is 5.91 Å². The molecular weight excluding hydrogens is 282 g/mol. The maximum absolute atomic E-state index is 12.5.